The summed E-state index contributed by atoms with van der Waals surface area (Å²) in [7, 11) is 0. The van der Waals surface area contributed by atoms with Crippen LogP contribution in [0.15, 0.2) is 24.3 Å². The van der Waals surface area contributed by atoms with Gasteiger partial charge in [-0.3, -0.25) is 0 Å². The second-order valence-corrected chi connectivity index (χ2v) is 5.39. The van der Waals surface area contributed by atoms with Crippen LogP contribution in [-0.2, 0) is 10.3 Å². The quantitative estimate of drug-likeness (QED) is 0.595. The van der Waals surface area contributed by atoms with Crippen molar-refractivity contribution in [3.8, 4) is 0 Å². The van der Waals surface area contributed by atoms with E-state index in [4.69, 9.17) is 4.74 Å². The molecule has 2 rings (SSSR count). The topological polar surface area (TPSA) is 9.23 Å². The molecule has 1 radical (unpaired) electrons. The van der Waals surface area contributed by atoms with Gasteiger partial charge in [0.25, 0.3) is 0 Å². The molecule has 1 fully saturated rings. The van der Waals surface area contributed by atoms with E-state index in [2.05, 4.69) is 25.1 Å². The van der Waals surface area contributed by atoms with Crippen molar-refractivity contribution in [2.24, 2.45) is 0 Å². The number of hydrogen-bond donors (Lipinski definition) is 0. The molecule has 1 unspecified atom stereocenters. The third kappa shape index (κ3) is 3.35. The van der Waals surface area contributed by atoms with E-state index in [9.17, 15) is 0 Å². The summed E-state index contributed by atoms with van der Waals surface area (Å²) in [6.07, 6.45) is 10.4. The van der Waals surface area contributed by atoms with Crippen LogP contribution >= 0.6 is 0 Å². The lowest BCUT2D eigenvalue weighted by molar-refractivity contribution is -0.160. The molecule has 0 N–H and O–H groups in total. The monoisotopic (exact) mass is 245 g/mol. The fraction of sp³-hybridized carbons (Fsp3) is 0.647. The maximum atomic E-state index is 5.90. The number of unbranched alkanes of at least 4 members (excludes halogenated alkanes) is 5. The van der Waals surface area contributed by atoms with Crippen LogP contribution in [-0.4, -0.2) is 6.61 Å². The lowest BCUT2D eigenvalue weighted by Gasteiger charge is -2.42. The van der Waals surface area contributed by atoms with Gasteiger partial charge in [-0.15, -0.1) is 0 Å². The van der Waals surface area contributed by atoms with Gasteiger partial charge in [-0.2, -0.15) is 0 Å². The Morgan fingerprint density at radius 1 is 1.17 bits per heavy atom. The highest BCUT2D eigenvalue weighted by Crippen LogP contribution is 2.41. The van der Waals surface area contributed by atoms with Crippen LogP contribution in [0.1, 0.15) is 63.9 Å². The molecular weight excluding hydrogens is 220 g/mol. The Hall–Kier alpha value is -0.820. The van der Waals surface area contributed by atoms with Crippen LogP contribution in [0.5, 0.6) is 0 Å². The van der Waals surface area contributed by atoms with Gasteiger partial charge in [0.15, 0.2) is 0 Å². The highest BCUT2D eigenvalue weighted by atomic mass is 16.5. The largest absolute Gasteiger partial charge is 0.370 e. The van der Waals surface area contributed by atoms with Crippen molar-refractivity contribution in [1.82, 2.24) is 0 Å². The number of rotatable bonds is 8. The molecule has 1 aliphatic rings. The second kappa shape index (κ2) is 6.94. The number of benzene rings is 1. The number of ether oxygens (including phenoxy) is 1. The Bertz CT molecular complexity index is 327. The van der Waals surface area contributed by atoms with E-state index in [1.807, 2.05) is 12.1 Å². The molecule has 0 bridgehead atoms. The average molecular weight is 245 g/mol. The fourth-order valence-electron chi connectivity index (χ4n) is 2.76. The number of hydrogen-bond acceptors (Lipinski definition) is 1. The Balaban J connectivity index is 1.76. The maximum Gasteiger partial charge on any atom is 0.0959 e. The van der Waals surface area contributed by atoms with Gasteiger partial charge in [0.2, 0.25) is 0 Å². The molecular formula is C17H25O. The summed E-state index contributed by atoms with van der Waals surface area (Å²) in [6.45, 7) is 3.18. The summed E-state index contributed by atoms with van der Waals surface area (Å²) in [5.74, 6) is 0. The molecule has 1 heterocycles. The van der Waals surface area contributed by atoms with Crippen molar-refractivity contribution in [3.63, 3.8) is 0 Å². The standard InChI is InChI=1S/C17H25O/c1-2-3-4-5-6-10-13-17(14-15-18-17)16-11-8-7-9-12-16/h7-9,11H,2-6,10,13-15H2,1H3. The molecule has 0 saturated carbocycles. The minimum Gasteiger partial charge on any atom is -0.370 e. The zero-order chi connectivity index (χ0) is 12.7. The molecule has 1 aromatic rings. The lowest BCUT2D eigenvalue weighted by atomic mass is 9.82. The maximum absolute atomic E-state index is 5.90. The molecule has 1 aliphatic heterocycles. The van der Waals surface area contributed by atoms with Gasteiger partial charge >= 0.3 is 0 Å². The van der Waals surface area contributed by atoms with Gasteiger partial charge in [0.1, 0.15) is 0 Å². The predicted octanol–water partition coefficient (Wildman–Crippen LogP) is 4.85. The smallest absolute Gasteiger partial charge is 0.0959 e. The molecule has 18 heavy (non-hydrogen) atoms. The van der Waals surface area contributed by atoms with Crippen LogP contribution in [0.2, 0.25) is 0 Å². The lowest BCUT2D eigenvalue weighted by Crippen LogP contribution is -2.40. The molecule has 1 heteroatoms. The summed E-state index contributed by atoms with van der Waals surface area (Å²) < 4.78 is 5.90. The Kier molecular flexibility index (Phi) is 5.25. The molecule has 0 spiro atoms. The molecule has 1 saturated heterocycles. The van der Waals surface area contributed by atoms with Crippen LogP contribution in [0.4, 0.5) is 0 Å². The van der Waals surface area contributed by atoms with Crippen molar-refractivity contribution in [3.05, 3.63) is 35.9 Å². The van der Waals surface area contributed by atoms with E-state index < -0.39 is 0 Å². The molecule has 0 aliphatic carbocycles. The first-order valence-corrected chi connectivity index (χ1v) is 7.48. The second-order valence-electron chi connectivity index (χ2n) is 5.39. The van der Waals surface area contributed by atoms with E-state index in [1.165, 1.54) is 56.9 Å². The first-order valence-electron chi connectivity index (χ1n) is 7.48. The third-order valence-electron chi connectivity index (χ3n) is 4.02. The van der Waals surface area contributed by atoms with E-state index in [0.29, 0.717) is 0 Å². The summed E-state index contributed by atoms with van der Waals surface area (Å²) in [5, 5.41) is 0. The van der Waals surface area contributed by atoms with Gasteiger partial charge in [-0.1, -0.05) is 69.7 Å². The first kappa shape index (κ1) is 13.6. The fourth-order valence-corrected chi connectivity index (χ4v) is 2.76. The normalized spacial score (nSPS) is 22.7. The van der Waals surface area contributed by atoms with Crippen LogP contribution < -0.4 is 0 Å². The van der Waals surface area contributed by atoms with Crippen LogP contribution in [0.25, 0.3) is 0 Å². The van der Waals surface area contributed by atoms with E-state index in [-0.39, 0.29) is 5.60 Å². The molecule has 0 aromatic heterocycles. The van der Waals surface area contributed by atoms with Gasteiger partial charge in [-0.05, 0) is 18.1 Å². The summed E-state index contributed by atoms with van der Waals surface area (Å²) in [4.78, 5) is 0. The summed E-state index contributed by atoms with van der Waals surface area (Å²) >= 11 is 0. The van der Waals surface area contributed by atoms with Gasteiger partial charge in [0, 0.05) is 6.42 Å². The SMILES string of the molecule is CCCCCCCCC1(c2[c]cccc2)CCO1. The van der Waals surface area contributed by atoms with Crippen molar-refractivity contribution >= 4 is 0 Å². The van der Waals surface area contributed by atoms with Crippen LogP contribution in [0, 0.1) is 6.07 Å². The van der Waals surface area contributed by atoms with Crippen molar-refractivity contribution in [1.29, 1.82) is 0 Å². The molecule has 1 atom stereocenters. The zero-order valence-corrected chi connectivity index (χ0v) is 11.6. The average Bonchev–Trinajstić information content (AvgIpc) is 2.37. The highest BCUT2D eigenvalue weighted by molar-refractivity contribution is 5.23. The van der Waals surface area contributed by atoms with E-state index in [1.54, 1.807) is 0 Å². The molecule has 1 aromatic carbocycles. The Morgan fingerprint density at radius 3 is 2.56 bits per heavy atom. The van der Waals surface area contributed by atoms with Crippen molar-refractivity contribution in [2.45, 2.75) is 63.9 Å². The van der Waals surface area contributed by atoms with Gasteiger partial charge < -0.3 is 4.74 Å². The molecule has 99 valence electrons. The molecule has 1 nitrogen and oxygen atoms in total. The van der Waals surface area contributed by atoms with Gasteiger partial charge in [0.05, 0.1) is 12.2 Å². The Labute approximate surface area is 112 Å². The minimum atomic E-state index is 0.00597. The first-order chi connectivity index (χ1) is 8.87. The predicted molar refractivity (Wildman–Crippen MR) is 75.5 cm³/mol. The highest BCUT2D eigenvalue weighted by Gasteiger charge is 2.39. The Morgan fingerprint density at radius 2 is 1.94 bits per heavy atom. The van der Waals surface area contributed by atoms with Crippen molar-refractivity contribution in [2.75, 3.05) is 6.61 Å². The van der Waals surface area contributed by atoms with Gasteiger partial charge in [-0.25, -0.2) is 0 Å². The van der Waals surface area contributed by atoms with E-state index >= 15 is 0 Å². The summed E-state index contributed by atoms with van der Waals surface area (Å²) in [5.41, 5.74) is 1.26. The van der Waals surface area contributed by atoms with Crippen molar-refractivity contribution < 1.29 is 4.74 Å². The van der Waals surface area contributed by atoms with E-state index in [0.717, 1.165) is 6.61 Å². The molecule has 0 amide bonds. The van der Waals surface area contributed by atoms with Crippen LogP contribution in [0.3, 0.4) is 0 Å². The minimum absolute atomic E-state index is 0.00597. The third-order valence-corrected chi connectivity index (χ3v) is 4.02. The zero-order valence-electron chi connectivity index (χ0n) is 11.6. The summed E-state index contributed by atoms with van der Waals surface area (Å²) in [6, 6.07) is 11.6.